The molecule has 0 aromatic rings. The molecule has 1 heterocycles. The Hall–Kier alpha value is -0.610. The maximum Gasteiger partial charge on any atom is 0.307 e. The number of hydrogen-bond acceptors (Lipinski definition) is 3. The Labute approximate surface area is 128 Å². The van der Waals surface area contributed by atoms with Gasteiger partial charge in [-0.3, -0.25) is 4.79 Å². The second-order valence-corrected chi connectivity index (χ2v) is 8.15. The van der Waals surface area contributed by atoms with Gasteiger partial charge in [0.2, 0.25) is 0 Å². The van der Waals surface area contributed by atoms with Crippen LogP contribution in [0.5, 0.6) is 0 Å². The van der Waals surface area contributed by atoms with Gasteiger partial charge in [-0.2, -0.15) is 0 Å². The first-order valence-electron chi connectivity index (χ1n) is 8.26. The molecule has 21 heavy (non-hydrogen) atoms. The number of carbonyl (C=O) groups is 1. The van der Waals surface area contributed by atoms with Crippen molar-refractivity contribution in [2.45, 2.75) is 78.0 Å². The van der Waals surface area contributed by atoms with Crippen molar-refractivity contribution in [3.8, 4) is 0 Å². The topological polar surface area (TPSA) is 58.6 Å². The molecule has 0 spiro atoms. The second kappa shape index (κ2) is 5.88. The molecule has 4 nitrogen and oxygen atoms in total. The zero-order valence-corrected chi connectivity index (χ0v) is 14.1. The molecule has 1 aliphatic heterocycles. The molecule has 2 rings (SSSR count). The third-order valence-electron chi connectivity index (χ3n) is 5.89. The minimum atomic E-state index is -0.641. The van der Waals surface area contributed by atoms with E-state index in [1.54, 1.807) is 0 Å². The Morgan fingerprint density at radius 3 is 2.43 bits per heavy atom. The van der Waals surface area contributed by atoms with Gasteiger partial charge >= 0.3 is 5.97 Å². The number of hydrogen-bond donors (Lipinski definition) is 2. The van der Waals surface area contributed by atoms with Crippen molar-refractivity contribution in [1.29, 1.82) is 0 Å². The van der Waals surface area contributed by atoms with E-state index in [0.717, 1.165) is 32.3 Å². The van der Waals surface area contributed by atoms with Crippen LogP contribution in [-0.4, -0.2) is 35.4 Å². The summed E-state index contributed by atoms with van der Waals surface area (Å²) in [6, 6.07) is 0.896. The molecule has 1 aliphatic carbocycles. The van der Waals surface area contributed by atoms with Crippen molar-refractivity contribution in [3.63, 3.8) is 0 Å². The predicted molar refractivity (Wildman–Crippen MR) is 83.3 cm³/mol. The van der Waals surface area contributed by atoms with Gasteiger partial charge in [-0.05, 0) is 50.9 Å². The average molecular weight is 297 g/mol. The Morgan fingerprint density at radius 1 is 1.19 bits per heavy atom. The van der Waals surface area contributed by atoms with Gasteiger partial charge in [0, 0.05) is 18.7 Å². The standard InChI is InChI=1S/C17H31NO3/c1-11-14(7-6-13(15(19)20)17(11,4)5)18-12-8-9-21-16(2,3)10-12/h11-14,18H,6-10H2,1-5H3,(H,19,20). The molecule has 122 valence electrons. The van der Waals surface area contributed by atoms with Crippen LogP contribution in [0.15, 0.2) is 0 Å². The lowest BCUT2D eigenvalue weighted by Gasteiger charge is -2.48. The molecule has 1 saturated carbocycles. The fourth-order valence-electron chi connectivity index (χ4n) is 4.15. The van der Waals surface area contributed by atoms with Gasteiger partial charge in [0.15, 0.2) is 0 Å². The van der Waals surface area contributed by atoms with E-state index in [2.05, 4.69) is 39.9 Å². The van der Waals surface area contributed by atoms with E-state index < -0.39 is 5.97 Å². The second-order valence-electron chi connectivity index (χ2n) is 8.15. The van der Waals surface area contributed by atoms with Crippen molar-refractivity contribution in [3.05, 3.63) is 0 Å². The van der Waals surface area contributed by atoms with Crippen LogP contribution >= 0.6 is 0 Å². The number of nitrogens with one attached hydrogen (secondary N) is 1. The number of rotatable bonds is 3. The van der Waals surface area contributed by atoms with Crippen molar-refractivity contribution >= 4 is 5.97 Å². The summed E-state index contributed by atoms with van der Waals surface area (Å²) in [5, 5.41) is 13.2. The van der Waals surface area contributed by atoms with Crippen LogP contribution in [0, 0.1) is 17.3 Å². The van der Waals surface area contributed by atoms with Crippen LogP contribution in [0.4, 0.5) is 0 Å². The van der Waals surface area contributed by atoms with Crippen LogP contribution in [-0.2, 0) is 9.53 Å². The number of carboxylic acids is 1. The first kappa shape index (κ1) is 16.8. The molecular formula is C17H31NO3. The highest BCUT2D eigenvalue weighted by Gasteiger charge is 2.46. The maximum absolute atomic E-state index is 11.5. The van der Waals surface area contributed by atoms with E-state index in [-0.39, 0.29) is 16.9 Å². The summed E-state index contributed by atoms with van der Waals surface area (Å²) in [6.45, 7) is 11.5. The highest BCUT2D eigenvalue weighted by molar-refractivity contribution is 5.71. The van der Waals surface area contributed by atoms with E-state index in [4.69, 9.17) is 4.74 Å². The SMILES string of the molecule is CC1C(NC2CCOC(C)(C)C2)CCC(C(=O)O)C1(C)C. The van der Waals surface area contributed by atoms with E-state index >= 15 is 0 Å². The van der Waals surface area contributed by atoms with E-state index in [1.165, 1.54) is 0 Å². The molecule has 0 radical (unpaired) electrons. The predicted octanol–water partition coefficient (Wildman–Crippen LogP) is 3.06. The lowest BCUT2D eigenvalue weighted by Crippen LogP contribution is -2.55. The average Bonchev–Trinajstić information content (AvgIpc) is 2.33. The zero-order valence-electron chi connectivity index (χ0n) is 14.1. The summed E-state index contributed by atoms with van der Waals surface area (Å²) in [7, 11) is 0. The van der Waals surface area contributed by atoms with Crippen molar-refractivity contribution in [1.82, 2.24) is 5.32 Å². The van der Waals surface area contributed by atoms with Crippen LogP contribution in [0.3, 0.4) is 0 Å². The highest BCUT2D eigenvalue weighted by Crippen LogP contribution is 2.45. The van der Waals surface area contributed by atoms with Crippen molar-refractivity contribution in [2.24, 2.45) is 17.3 Å². The normalized spacial score (nSPS) is 38.9. The Bertz CT molecular complexity index is 391. The molecule has 0 bridgehead atoms. The highest BCUT2D eigenvalue weighted by atomic mass is 16.5. The Balaban J connectivity index is 2.00. The summed E-state index contributed by atoms with van der Waals surface area (Å²) in [4.78, 5) is 11.5. The van der Waals surface area contributed by atoms with Crippen molar-refractivity contribution < 1.29 is 14.6 Å². The quantitative estimate of drug-likeness (QED) is 0.840. The molecule has 4 heteroatoms. The lowest BCUT2D eigenvalue weighted by molar-refractivity contribution is -0.150. The van der Waals surface area contributed by atoms with Crippen molar-refractivity contribution in [2.75, 3.05) is 6.61 Å². The van der Waals surface area contributed by atoms with Gasteiger partial charge in [0.1, 0.15) is 0 Å². The zero-order chi connectivity index (χ0) is 15.8. The maximum atomic E-state index is 11.5. The molecule has 2 N–H and O–H groups in total. The molecule has 4 atom stereocenters. The summed E-state index contributed by atoms with van der Waals surface area (Å²) >= 11 is 0. The lowest BCUT2D eigenvalue weighted by atomic mass is 9.61. The summed E-state index contributed by atoms with van der Waals surface area (Å²) in [5.41, 5.74) is -0.213. The third-order valence-corrected chi connectivity index (χ3v) is 5.89. The molecule has 0 aromatic carbocycles. The first-order chi connectivity index (χ1) is 9.63. The molecule has 2 fully saturated rings. The third kappa shape index (κ3) is 3.59. The van der Waals surface area contributed by atoms with Crippen LogP contribution in [0.2, 0.25) is 0 Å². The molecular weight excluding hydrogens is 266 g/mol. The van der Waals surface area contributed by atoms with Gasteiger partial charge in [0.25, 0.3) is 0 Å². The monoisotopic (exact) mass is 297 g/mol. The van der Waals surface area contributed by atoms with Crippen LogP contribution in [0.25, 0.3) is 0 Å². The molecule has 0 amide bonds. The largest absolute Gasteiger partial charge is 0.481 e. The van der Waals surface area contributed by atoms with E-state index in [9.17, 15) is 9.90 Å². The number of carboxylic acid groups (broad SMARTS) is 1. The molecule has 0 aromatic heterocycles. The molecule has 1 saturated heterocycles. The Morgan fingerprint density at radius 2 is 1.86 bits per heavy atom. The minimum Gasteiger partial charge on any atom is -0.481 e. The Kier molecular flexibility index (Phi) is 4.69. The van der Waals surface area contributed by atoms with Gasteiger partial charge < -0.3 is 15.2 Å². The van der Waals surface area contributed by atoms with Crippen LogP contribution in [0.1, 0.15) is 60.3 Å². The fraction of sp³-hybridized carbons (Fsp3) is 0.941. The smallest absolute Gasteiger partial charge is 0.307 e. The molecule has 2 aliphatic rings. The van der Waals surface area contributed by atoms with Gasteiger partial charge in [-0.25, -0.2) is 0 Å². The fourth-order valence-corrected chi connectivity index (χ4v) is 4.15. The minimum absolute atomic E-state index is 0.0487. The first-order valence-corrected chi connectivity index (χ1v) is 8.26. The number of ether oxygens (including phenoxy) is 1. The van der Waals surface area contributed by atoms with Gasteiger partial charge in [-0.15, -0.1) is 0 Å². The van der Waals surface area contributed by atoms with E-state index in [1.807, 2.05) is 0 Å². The molecule has 4 unspecified atom stereocenters. The number of aliphatic carboxylic acids is 1. The summed E-state index contributed by atoms with van der Waals surface area (Å²) < 4.78 is 5.78. The van der Waals surface area contributed by atoms with Gasteiger partial charge in [-0.1, -0.05) is 20.8 Å². The summed E-state index contributed by atoms with van der Waals surface area (Å²) in [5.74, 6) is -0.507. The van der Waals surface area contributed by atoms with E-state index in [0.29, 0.717) is 18.0 Å². The van der Waals surface area contributed by atoms with Crippen LogP contribution < -0.4 is 5.32 Å². The van der Waals surface area contributed by atoms with Gasteiger partial charge in [0.05, 0.1) is 11.5 Å². The summed E-state index contributed by atoms with van der Waals surface area (Å²) in [6.07, 6.45) is 3.81.